The number of thiocarbonyl (C=S) groups is 1. The van der Waals surface area contributed by atoms with Crippen molar-refractivity contribution in [2.75, 3.05) is 10.2 Å². The molecule has 0 unspecified atom stereocenters. The van der Waals surface area contributed by atoms with Gasteiger partial charge in [-0.05, 0) is 60.1 Å². The Kier molecular flexibility index (Phi) is 4.87. The Morgan fingerprint density at radius 3 is 2.63 bits per heavy atom. The molecule has 2 atom stereocenters. The predicted molar refractivity (Wildman–Crippen MR) is 113 cm³/mol. The highest BCUT2D eigenvalue weighted by Crippen LogP contribution is 2.43. The number of aromatic nitrogens is 1. The highest BCUT2D eigenvalue weighted by Gasteiger charge is 2.41. The molecule has 1 aliphatic rings. The van der Waals surface area contributed by atoms with Crippen molar-refractivity contribution in [2.24, 2.45) is 0 Å². The number of carbonyl (C=O) groups is 1. The van der Waals surface area contributed by atoms with E-state index < -0.39 is 0 Å². The van der Waals surface area contributed by atoms with Gasteiger partial charge in [0.1, 0.15) is 0 Å². The second kappa shape index (κ2) is 7.46. The third-order valence-electron chi connectivity index (χ3n) is 4.40. The molecule has 0 radical (unpaired) electrons. The molecule has 1 aromatic carbocycles. The van der Waals surface area contributed by atoms with Gasteiger partial charge in [-0.3, -0.25) is 9.78 Å². The Bertz CT molecular complexity index is 942. The summed E-state index contributed by atoms with van der Waals surface area (Å²) in [5.74, 6) is -0.0900. The van der Waals surface area contributed by atoms with Crippen LogP contribution in [0.2, 0.25) is 0 Å². The average Bonchev–Trinajstić information content (AvgIpc) is 3.30. The van der Waals surface area contributed by atoms with Gasteiger partial charge in [-0.25, -0.2) is 0 Å². The van der Waals surface area contributed by atoms with Crippen LogP contribution >= 0.6 is 23.6 Å². The smallest absolute Gasteiger partial charge is 0.221 e. The fourth-order valence-electron chi connectivity index (χ4n) is 3.29. The highest BCUT2D eigenvalue weighted by atomic mass is 32.1. The molecule has 2 aromatic heterocycles. The number of anilines is 2. The van der Waals surface area contributed by atoms with Gasteiger partial charge in [0.2, 0.25) is 5.91 Å². The molecular formula is C20H18N4OS2. The minimum Gasteiger partial charge on any atom is -0.351 e. The maximum Gasteiger partial charge on any atom is 0.221 e. The lowest BCUT2D eigenvalue weighted by atomic mass is 10.0. The molecule has 1 amide bonds. The summed E-state index contributed by atoms with van der Waals surface area (Å²) in [6.07, 6.45) is 1.80. The van der Waals surface area contributed by atoms with Crippen LogP contribution in [0.15, 0.2) is 66.2 Å². The summed E-state index contributed by atoms with van der Waals surface area (Å²) in [5.41, 5.74) is 2.69. The number of hydrogen-bond acceptors (Lipinski definition) is 4. The first-order chi connectivity index (χ1) is 13.1. The van der Waals surface area contributed by atoms with Crippen molar-refractivity contribution in [2.45, 2.75) is 19.0 Å². The number of amides is 1. The van der Waals surface area contributed by atoms with Gasteiger partial charge in [-0.2, -0.15) is 0 Å². The Morgan fingerprint density at radius 1 is 1.19 bits per heavy atom. The molecule has 4 rings (SSSR count). The van der Waals surface area contributed by atoms with E-state index in [1.54, 1.807) is 17.5 Å². The molecular weight excluding hydrogens is 376 g/mol. The zero-order valence-electron chi connectivity index (χ0n) is 14.6. The normalized spacial score (nSPS) is 19.0. The number of thiophene rings is 1. The molecule has 27 heavy (non-hydrogen) atoms. The van der Waals surface area contributed by atoms with Crippen LogP contribution in [0.1, 0.15) is 29.6 Å². The average molecular weight is 395 g/mol. The summed E-state index contributed by atoms with van der Waals surface area (Å²) >= 11 is 7.38. The van der Waals surface area contributed by atoms with Crippen LogP contribution in [0.4, 0.5) is 11.4 Å². The lowest BCUT2D eigenvalue weighted by Gasteiger charge is -2.27. The minimum absolute atomic E-state index is 0.0130. The van der Waals surface area contributed by atoms with Crippen LogP contribution in [-0.2, 0) is 4.79 Å². The van der Waals surface area contributed by atoms with Gasteiger partial charge in [0.25, 0.3) is 0 Å². The van der Waals surface area contributed by atoms with E-state index in [-0.39, 0.29) is 18.0 Å². The minimum atomic E-state index is -0.0900. The Labute approximate surface area is 167 Å². The van der Waals surface area contributed by atoms with E-state index in [1.165, 1.54) is 11.8 Å². The number of hydrogen-bond donors (Lipinski definition) is 2. The maximum atomic E-state index is 11.3. The standard InChI is InChI=1S/C20H18N4OS2/c1-13(25)22-14-7-9-15(10-8-14)24-19(17-6-4-12-27-17)18(23-20(24)26)16-5-2-3-11-21-16/h2-12,18-19H,1H3,(H,22,25)(H,23,26)/t18-,19+/m1/s1. The quantitative estimate of drug-likeness (QED) is 0.647. The molecule has 7 heteroatoms. The lowest BCUT2D eigenvalue weighted by molar-refractivity contribution is -0.114. The molecule has 0 bridgehead atoms. The SMILES string of the molecule is CC(=O)Nc1ccc(N2C(=S)N[C@H](c3ccccn3)[C@@H]2c2cccs2)cc1. The summed E-state index contributed by atoms with van der Waals surface area (Å²) in [4.78, 5) is 19.1. The van der Waals surface area contributed by atoms with Crippen molar-refractivity contribution < 1.29 is 4.79 Å². The number of carbonyl (C=O) groups excluding carboxylic acids is 1. The summed E-state index contributed by atoms with van der Waals surface area (Å²) in [6, 6.07) is 17.8. The number of nitrogens with one attached hydrogen (secondary N) is 2. The molecule has 5 nitrogen and oxygen atoms in total. The van der Waals surface area contributed by atoms with E-state index >= 15 is 0 Å². The first-order valence-corrected chi connectivity index (χ1v) is 9.84. The molecule has 136 valence electrons. The van der Waals surface area contributed by atoms with Gasteiger partial charge in [0.15, 0.2) is 5.11 Å². The summed E-state index contributed by atoms with van der Waals surface area (Å²) < 4.78 is 0. The largest absolute Gasteiger partial charge is 0.351 e. The molecule has 0 spiro atoms. The molecule has 2 N–H and O–H groups in total. The molecule has 3 heterocycles. The number of rotatable bonds is 4. The number of benzene rings is 1. The van der Waals surface area contributed by atoms with Crippen molar-refractivity contribution in [1.29, 1.82) is 0 Å². The molecule has 1 aliphatic heterocycles. The first-order valence-electron chi connectivity index (χ1n) is 8.55. The maximum absolute atomic E-state index is 11.3. The molecule has 3 aromatic rings. The Balaban J connectivity index is 1.72. The van der Waals surface area contributed by atoms with E-state index in [0.717, 1.165) is 17.1 Å². The Morgan fingerprint density at radius 2 is 2.00 bits per heavy atom. The Hall–Kier alpha value is -2.77. The van der Waals surface area contributed by atoms with Crippen molar-refractivity contribution in [1.82, 2.24) is 10.3 Å². The second-order valence-electron chi connectivity index (χ2n) is 6.24. The molecule has 1 fully saturated rings. The van der Waals surface area contributed by atoms with Crippen LogP contribution in [0.5, 0.6) is 0 Å². The van der Waals surface area contributed by atoms with Crippen molar-refractivity contribution >= 4 is 45.9 Å². The van der Waals surface area contributed by atoms with E-state index in [1.807, 2.05) is 42.5 Å². The van der Waals surface area contributed by atoms with E-state index in [0.29, 0.717) is 5.11 Å². The molecule has 0 saturated carbocycles. The van der Waals surface area contributed by atoms with Crippen LogP contribution < -0.4 is 15.5 Å². The van der Waals surface area contributed by atoms with Gasteiger partial charge in [-0.1, -0.05) is 12.1 Å². The predicted octanol–water partition coefficient (Wildman–Crippen LogP) is 4.28. The topological polar surface area (TPSA) is 57.3 Å². The number of nitrogens with zero attached hydrogens (tertiary/aromatic N) is 2. The second-order valence-corrected chi connectivity index (χ2v) is 7.61. The summed E-state index contributed by atoms with van der Waals surface area (Å²) in [5, 5.41) is 8.97. The van der Waals surface area contributed by atoms with Crippen LogP contribution in [0.3, 0.4) is 0 Å². The fraction of sp³-hybridized carbons (Fsp3) is 0.150. The van der Waals surface area contributed by atoms with Gasteiger partial charge in [-0.15, -0.1) is 11.3 Å². The third-order valence-corrected chi connectivity index (χ3v) is 5.66. The van der Waals surface area contributed by atoms with Crippen LogP contribution in [-0.4, -0.2) is 16.0 Å². The van der Waals surface area contributed by atoms with Gasteiger partial charge in [0, 0.05) is 29.4 Å². The van der Waals surface area contributed by atoms with E-state index in [4.69, 9.17) is 12.2 Å². The van der Waals surface area contributed by atoms with Crippen molar-refractivity contribution in [3.05, 3.63) is 76.7 Å². The molecule has 0 aliphatic carbocycles. The first kappa shape index (κ1) is 17.6. The van der Waals surface area contributed by atoms with Crippen LogP contribution in [0, 0.1) is 0 Å². The number of pyridine rings is 1. The van der Waals surface area contributed by atoms with Crippen LogP contribution in [0.25, 0.3) is 0 Å². The molecule has 1 saturated heterocycles. The van der Waals surface area contributed by atoms with E-state index in [2.05, 4.69) is 38.0 Å². The van der Waals surface area contributed by atoms with Gasteiger partial charge >= 0.3 is 0 Å². The summed E-state index contributed by atoms with van der Waals surface area (Å²) in [6.45, 7) is 1.50. The lowest BCUT2D eigenvalue weighted by Crippen LogP contribution is -2.29. The third kappa shape index (κ3) is 3.56. The zero-order valence-corrected chi connectivity index (χ0v) is 16.3. The zero-order chi connectivity index (χ0) is 18.8. The van der Waals surface area contributed by atoms with Crippen molar-refractivity contribution in [3.63, 3.8) is 0 Å². The fourth-order valence-corrected chi connectivity index (χ4v) is 4.49. The summed E-state index contributed by atoms with van der Waals surface area (Å²) in [7, 11) is 0. The van der Waals surface area contributed by atoms with E-state index in [9.17, 15) is 4.79 Å². The highest BCUT2D eigenvalue weighted by molar-refractivity contribution is 7.80. The van der Waals surface area contributed by atoms with Gasteiger partial charge < -0.3 is 15.5 Å². The van der Waals surface area contributed by atoms with Crippen molar-refractivity contribution in [3.8, 4) is 0 Å². The van der Waals surface area contributed by atoms with Gasteiger partial charge in [0.05, 0.1) is 17.8 Å². The monoisotopic (exact) mass is 394 g/mol.